The maximum atomic E-state index is 10.7. The van der Waals surface area contributed by atoms with Gasteiger partial charge in [0.1, 0.15) is 17.8 Å². The molecule has 1 heterocycles. The summed E-state index contributed by atoms with van der Waals surface area (Å²) in [5.74, 6) is 1.32. The Hall–Kier alpha value is -3.28. The van der Waals surface area contributed by atoms with Gasteiger partial charge in [0.2, 0.25) is 5.89 Å². The van der Waals surface area contributed by atoms with Crippen molar-refractivity contribution in [1.82, 2.24) is 4.98 Å². The van der Waals surface area contributed by atoms with Crippen LogP contribution in [0.1, 0.15) is 25.1 Å². The minimum atomic E-state index is -1.00. The molecule has 1 aromatic heterocycles. The molecular weight excluding hydrogens is 370 g/mol. The molecular formula is C23H25NO5. The lowest BCUT2D eigenvalue weighted by Gasteiger charge is -2.14. The highest BCUT2D eigenvalue weighted by Gasteiger charge is 2.11. The molecule has 0 aliphatic heterocycles. The first-order chi connectivity index (χ1) is 14.0. The predicted octanol–water partition coefficient (Wildman–Crippen LogP) is 4.63. The average Bonchev–Trinajstić information content (AvgIpc) is 3.17. The summed E-state index contributed by atoms with van der Waals surface area (Å²) in [6.45, 7) is 4.34. The van der Waals surface area contributed by atoms with Gasteiger partial charge in [0, 0.05) is 12.0 Å². The first-order valence-electron chi connectivity index (χ1n) is 9.61. The molecule has 0 atom stereocenters. The van der Waals surface area contributed by atoms with E-state index < -0.39 is 5.97 Å². The summed E-state index contributed by atoms with van der Waals surface area (Å²) in [6.07, 6.45) is 3.08. The molecule has 0 radical (unpaired) electrons. The van der Waals surface area contributed by atoms with Gasteiger partial charge in [-0.05, 0) is 48.2 Å². The van der Waals surface area contributed by atoms with Crippen LogP contribution in [0.4, 0.5) is 0 Å². The molecule has 0 fully saturated rings. The fourth-order valence-electron chi connectivity index (χ4n) is 2.93. The van der Waals surface area contributed by atoms with Crippen LogP contribution in [0.3, 0.4) is 0 Å². The van der Waals surface area contributed by atoms with Crippen molar-refractivity contribution in [3.63, 3.8) is 0 Å². The molecule has 0 spiro atoms. The Kier molecular flexibility index (Phi) is 6.89. The van der Waals surface area contributed by atoms with Crippen LogP contribution in [0.5, 0.6) is 11.5 Å². The highest BCUT2D eigenvalue weighted by Crippen LogP contribution is 2.27. The van der Waals surface area contributed by atoms with Gasteiger partial charge in [0.25, 0.3) is 0 Å². The van der Waals surface area contributed by atoms with E-state index in [1.165, 1.54) is 0 Å². The summed E-state index contributed by atoms with van der Waals surface area (Å²) in [5, 5.41) is 8.78. The zero-order valence-corrected chi connectivity index (χ0v) is 16.6. The average molecular weight is 395 g/mol. The minimum absolute atomic E-state index is 0.364. The number of ether oxygens (including phenoxy) is 2. The molecule has 6 heteroatoms. The van der Waals surface area contributed by atoms with E-state index in [0.717, 1.165) is 29.0 Å². The summed E-state index contributed by atoms with van der Waals surface area (Å²) >= 11 is 0. The van der Waals surface area contributed by atoms with Crippen LogP contribution in [0.2, 0.25) is 0 Å². The summed E-state index contributed by atoms with van der Waals surface area (Å²) in [4.78, 5) is 15.2. The second kappa shape index (κ2) is 9.78. The third-order valence-electron chi connectivity index (χ3n) is 4.21. The molecule has 1 N–H and O–H groups in total. The fourth-order valence-corrected chi connectivity index (χ4v) is 2.93. The monoisotopic (exact) mass is 395 g/mol. The summed E-state index contributed by atoms with van der Waals surface area (Å²) in [7, 11) is 0. The molecule has 0 aliphatic carbocycles. The summed E-state index contributed by atoms with van der Waals surface area (Å²) in [5.41, 5.74) is 2.76. The topological polar surface area (TPSA) is 81.8 Å². The van der Waals surface area contributed by atoms with E-state index in [-0.39, 0.29) is 6.61 Å². The van der Waals surface area contributed by atoms with Crippen LogP contribution in [0.25, 0.3) is 11.5 Å². The Morgan fingerprint density at radius 3 is 2.66 bits per heavy atom. The largest absolute Gasteiger partial charge is 0.493 e. The molecule has 29 heavy (non-hydrogen) atoms. The first-order valence-corrected chi connectivity index (χ1v) is 9.61. The molecule has 0 saturated carbocycles. The van der Waals surface area contributed by atoms with Gasteiger partial charge in [0.05, 0.1) is 12.3 Å². The lowest BCUT2D eigenvalue weighted by Crippen LogP contribution is -2.10. The molecule has 0 saturated heterocycles. The van der Waals surface area contributed by atoms with Crippen molar-refractivity contribution in [3.05, 3.63) is 66.1 Å². The Morgan fingerprint density at radius 2 is 1.93 bits per heavy atom. The summed E-state index contributed by atoms with van der Waals surface area (Å²) in [6, 6.07) is 15.2. The van der Waals surface area contributed by atoms with Crippen molar-refractivity contribution in [1.29, 1.82) is 0 Å². The number of nitrogens with zero attached hydrogens (tertiary/aromatic N) is 1. The Balaban J connectivity index is 1.62. The van der Waals surface area contributed by atoms with E-state index in [0.29, 0.717) is 30.6 Å². The van der Waals surface area contributed by atoms with Crippen LogP contribution in [-0.2, 0) is 17.6 Å². The minimum Gasteiger partial charge on any atom is -0.493 e. The molecule has 2 aromatic carbocycles. The van der Waals surface area contributed by atoms with E-state index >= 15 is 0 Å². The Morgan fingerprint density at radius 1 is 1.14 bits per heavy atom. The van der Waals surface area contributed by atoms with E-state index in [9.17, 15) is 4.79 Å². The number of carboxylic acids is 1. The standard InChI is InChI=1S/C23H25NO5/c1-16(2)12-18-13-20(28-15-22(25)26)8-9-21(18)27-11-10-19-14-29-23(24-19)17-6-4-3-5-7-17/h3-9,13-14,16H,10-12,15H2,1-2H3,(H,25,26). The summed E-state index contributed by atoms with van der Waals surface area (Å²) < 4.78 is 16.8. The number of aliphatic carboxylic acids is 1. The van der Waals surface area contributed by atoms with E-state index in [4.69, 9.17) is 19.0 Å². The highest BCUT2D eigenvalue weighted by molar-refractivity contribution is 5.68. The van der Waals surface area contributed by atoms with Crippen LogP contribution in [0, 0.1) is 5.92 Å². The molecule has 3 rings (SSSR count). The lowest BCUT2D eigenvalue weighted by atomic mass is 10.0. The van der Waals surface area contributed by atoms with Gasteiger partial charge < -0.3 is 19.0 Å². The van der Waals surface area contributed by atoms with Crippen LogP contribution < -0.4 is 9.47 Å². The number of rotatable bonds is 10. The molecule has 0 bridgehead atoms. The van der Waals surface area contributed by atoms with Crippen LogP contribution in [-0.4, -0.2) is 29.3 Å². The number of hydrogen-bond donors (Lipinski definition) is 1. The van der Waals surface area contributed by atoms with Gasteiger partial charge in [-0.1, -0.05) is 32.0 Å². The number of hydrogen-bond acceptors (Lipinski definition) is 5. The van der Waals surface area contributed by atoms with Crippen molar-refractivity contribution >= 4 is 5.97 Å². The highest BCUT2D eigenvalue weighted by atomic mass is 16.5. The van der Waals surface area contributed by atoms with Gasteiger partial charge in [-0.15, -0.1) is 0 Å². The maximum absolute atomic E-state index is 10.7. The zero-order chi connectivity index (χ0) is 20.6. The quantitative estimate of drug-likeness (QED) is 0.539. The zero-order valence-electron chi connectivity index (χ0n) is 16.6. The van der Waals surface area contributed by atoms with Gasteiger partial charge in [-0.3, -0.25) is 0 Å². The van der Waals surface area contributed by atoms with Crippen molar-refractivity contribution in [2.75, 3.05) is 13.2 Å². The second-order valence-corrected chi connectivity index (χ2v) is 7.16. The first kappa shape index (κ1) is 20.5. The lowest BCUT2D eigenvalue weighted by molar-refractivity contribution is -0.139. The third kappa shape index (κ3) is 6.10. The predicted molar refractivity (Wildman–Crippen MR) is 109 cm³/mol. The number of aromatic nitrogens is 1. The van der Waals surface area contributed by atoms with Crippen molar-refractivity contribution in [3.8, 4) is 23.0 Å². The molecule has 0 amide bonds. The van der Waals surface area contributed by atoms with Gasteiger partial charge in [-0.2, -0.15) is 0 Å². The van der Waals surface area contributed by atoms with Crippen molar-refractivity contribution in [2.45, 2.75) is 26.7 Å². The number of benzene rings is 2. The third-order valence-corrected chi connectivity index (χ3v) is 4.21. The fraction of sp³-hybridized carbons (Fsp3) is 0.304. The van der Waals surface area contributed by atoms with Crippen molar-refractivity contribution in [2.24, 2.45) is 5.92 Å². The Labute approximate surface area is 170 Å². The van der Waals surface area contributed by atoms with Gasteiger partial charge in [0.15, 0.2) is 6.61 Å². The Bertz CT molecular complexity index is 933. The van der Waals surface area contributed by atoms with Gasteiger partial charge >= 0.3 is 5.97 Å². The smallest absolute Gasteiger partial charge is 0.341 e. The van der Waals surface area contributed by atoms with Crippen LogP contribution in [0.15, 0.2) is 59.2 Å². The molecule has 3 aromatic rings. The maximum Gasteiger partial charge on any atom is 0.341 e. The van der Waals surface area contributed by atoms with E-state index in [1.54, 1.807) is 12.3 Å². The SMILES string of the molecule is CC(C)Cc1cc(OCC(=O)O)ccc1OCCc1coc(-c2ccccc2)n1. The number of carboxylic acid groups (broad SMARTS) is 1. The molecule has 6 nitrogen and oxygen atoms in total. The van der Waals surface area contributed by atoms with E-state index in [1.807, 2.05) is 42.5 Å². The molecule has 0 unspecified atom stereocenters. The number of carbonyl (C=O) groups is 1. The molecule has 152 valence electrons. The van der Waals surface area contributed by atoms with Crippen LogP contribution >= 0.6 is 0 Å². The second-order valence-electron chi connectivity index (χ2n) is 7.16. The normalized spacial score (nSPS) is 10.9. The van der Waals surface area contributed by atoms with Gasteiger partial charge in [-0.25, -0.2) is 9.78 Å². The molecule has 0 aliphatic rings. The van der Waals surface area contributed by atoms with Crippen molar-refractivity contribution < 1.29 is 23.8 Å². The van der Waals surface area contributed by atoms with E-state index in [2.05, 4.69) is 18.8 Å². The number of oxazole rings is 1.